The van der Waals surface area contributed by atoms with E-state index in [2.05, 4.69) is 22.5 Å². The van der Waals surface area contributed by atoms with Crippen LogP contribution in [0.25, 0.3) is 11.0 Å². The van der Waals surface area contributed by atoms with E-state index in [1.807, 2.05) is 17.5 Å². The molecule has 2 heterocycles. The van der Waals surface area contributed by atoms with Gasteiger partial charge in [-0.05, 0) is 30.5 Å². The molecule has 5 heteroatoms. The van der Waals surface area contributed by atoms with Crippen molar-refractivity contribution < 1.29 is 4.39 Å². The molecular weight excluding hydrogens is 295 g/mol. The Balaban J connectivity index is 2.21. The zero-order valence-corrected chi connectivity index (χ0v) is 12.6. The van der Waals surface area contributed by atoms with Gasteiger partial charge in [-0.3, -0.25) is 0 Å². The molecule has 0 aliphatic heterocycles. The molecule has 0 aliphatic carbocycles. The topological polar surface area (TPSA) is 17.8 Å². The van der Waals surface area contributed by atoms with Crippen molar-refractivity contribution in [3.8, 4) is 0 Å². The lowest BCUT2D eigenvalue weighted by molar-refractivity contribution is 0.633. The van der Waals surface area contributed by atoms with Gasteiger partial charge in [-0.2, -0.15) is 0 Å². The molecule has 0 bridgehead atoms. The lowest BCUT2D eigenvalue weighted by Gasteiger charge is -2.16. The van der Waals surface area contributed by atoms with Crippen LogP contribution in [0.2, 0.25) is 0 Å². The fourth-order valence-corrected chi connectivity index (χ4v) is 3.42. The van der Waals surface area contributed by atoms with Gasteiger partial charge in [0.05, 0.1) is 11.6 Å². The number of fused-ring (bicyclic) bond motifs is 1. The summed E-state index contributed by atoms with van der Waals surface area (Å²) in [5, 5.41) is 2.05. The molecule has 2 nitrogen and oxygen atoms in total. The van der Waals surface area contributed by atoms with E-state index >= 15 is 0 Å². The summed E-state index contributed by atoms with van der Waals surface area (Å²) in [6.07, 6.45) is 0.630. The molecule has 1 unspecified atom stereocenters. The van der Waals surface area contributed by atoms with Crippen LogP contribution in [-0.2, 0) is 6.42 Å². The number of aryl methyl sites for hydroxylation is 1. The van der Waals surface area contributed by atoms with E-state index in [9.17, 15) is 4.39 Å². The summed E-state index contributed by atoms with van der Waals surface area (Å²) in [7, 11) is 0. The second-order valence-corrected chi connectivity index (χ2v) is 5.99. The normalized spacial score (nSPS) is 12.9. The summed E-state index contributed by atoms with van der Waals surface area (Å²) < 4.78 is 16.0. The average Bonchev–Trinajstić information content (AvgIpc) is 3.06. The highest BCUT2D eigenvalue weighted by Crippen LogP contribution is 2.29. The summed E-state index contributed by atoms with van der Waals surface area (Å²) in [6.45, 7) is 2.11. The van der Waals surface area contributed by atoms with E-state index < -0.39 is 0 Å². The number of imidazole rings is 1. The summed E-state index contributed by atoms with van der Waals surface area (Å²) >= 11 is 7.55. The molecule has 0 radical (unpaired) electrons. The smallest absolute Gasteiger partial charge is 0.151 e. The minimum absolute atomic E-state index is 0.125. The Kier molecular flexibility index (Phi) is 3.76. The third kappa shape index (κ3) is 2.23. The Morgan fingerprint density at radius 2 is 2.20 bits per heavy atom. The Bertz CT molecular complexity index is 721. The molecule has 104 valence electrons. The van der Waals surface area contributed by atoms with Gasteiger partial charge in [0.15, 0.2) is 5.82 Å². The quantitative estimate of drug-likeness (QED) is 0.643. The number of para-hydroxylation sites is 1. The SMILES string of the molecule is CC(c1cccs1)n1c(CCCl)nc2c(F)cccc21. The highest BCUT2D eigenvalue weighted by molar-refractivity contribution is 7.10. The van der Waals surface area contributed by atoms with Gasteiger partial charge in [0.25, 0.3) is 0 Å². The van der Waals surface area contributed by atoms with E-state index in [1.165, 1.54) is 10.9 Å². The standard InChI is InChI=1S/C15H14ClFN2S/c1-10(13-6-3-9-20-13)19-12-5-2-4-11(17)15(12)18-14(19)7-8-16/h2-6,9-10H,7-8H2,1H3. The number of hydrogen-bond acceptors (Lipinski definition) is 2. The van der Waals surface area contributed by atoms with Gasteiger partial charge in [-0.1, -0.05) is 12.1 Å². The number of alkyl halides is 1. The molecule has 0 N–H and O–H groups in total. The van der Waals surface area contributed by atoms with Crippen LogP contribution in [0.1, 0.15) is 23.7 Å². The maximum atomic E-state index is 13.9. The fourth-order valence-electron chi connectivity index (χ4n) is 2.48. The van der Waals surface area contributed by atoms with Gasteiger partial charge < -0.3 is 4.57 Å². The molecule has 3 aromatic rings. The van der Waals surface area contributed by atoms with Gasteiger partial charge in [0.2, 0.25) is 0 Å². The van der Waals surface area contributed by atoms with Gasteiger partial charge in [0, 0.05) is 17.2 Å². The number of benzene rings is 1. The summed E-state index contributed by atoms with van der Waals surface area (Å²) in [4.78, 5) is 5.67. The van der Waals surface area contributed by atoms with E-state index in [0.29, 0.717) is 17.8 Å². The van der Waals surface area contributed by atoms with Crippen LogP contribution >= 0.6 is 22.9 Å². The van der Waals surface area contributed by atoms with Crippen molar-refractivity contribution in [2.75, 3.05) is 5.88 Å². The molecular formula is C15H14ClFN2S. The fraction of sp³-hybridized carbons (Fsp3) is 0.267. The number of rotatable bonds is 4. The minimum Gasteiger partial charge on any atom is -0.320 e. The summed E-state index contributed by atoms with van der Waals surface area (Å²) in [5.41, 5.74) is 1.25. The molecule has 20 heavy (non-hydrogen) atoms. The van der Waals surface area contributed by atoms with Crippen molar-refractivity contribution in [2.24, 2.45) is 0 Å². The second kappa shape index (κ2) is 5.54. The zero-order chi connectivity index (χ0) is 14.1. The van der Waals surface area contributed by atoms with Crippen LogP contribution in [0.15, 0.2) is 35.7 Å². The largest absolute Gasteiger partial charge is 0.320 e. The highest BCUT2D eigenvalue weighted by atomic mass is 35.5. The van der Waals surface area contributed by atoms with Gasteiger partial charge in [-0.25, -0.2) is 9.37 Å². The van der Waals surface area contributed by atoms with Crippen LogP contribution in [0, 0.1) is 5.82 Å². The first kappa shape index (κ1) is 13.6. The maximum Gasteiger partial charge on any atom is 0.151 e. The molecule has 1 aromatic carbocycles. The van der Waals surface area contributed by atoms with Crippen molar-refractivity contribution in [3.05, 3.63) is 52.2 Å². The monoisotopic (exact) mass is 308 g/mol. The average molecular weight is 309 g/mol. The molecule has 2 aromatic heterocycles. The first-order valence-electron chi connectivity index (χ1n) is 6.47. The molecule has 0 spiro atoms. The van der Waals surface area contributed by atoms with Crippen molar-refractivity contribution in [3.63, 3.8) is 0 Å². The molecule has 0 saturated heterocycles. The molecule has 0 saturated carbocycles. The predicted octanol–water partition coefficient (Wildman–Crippen LogP) is 4.63. The van der Waals surface area contributed by atoms with E-state index in [0.717, 1.165) is 11.3 Å². The highest BCUT2D eigenvalue weighted by Gasteiger charge is 2.19. The number of aromatic nitrogens is 2. The Morgan fingerprint density at radius 3 is 2.90 bits per heavy atom. The predicted molar refractivity (Wildman–Crippen MR) is 82.2 cm³/mol. The minimum atomic E-state index is -0.282. The van der Waals surface area contributed by atoms with Crippen molar-refractivity contribution in [1.29, 1.82) is 0 Å². The zero-order valence-electron chi connectivity index (χ0n) is 11.0. The van der Waals surface area contributed by atoms with Crippen LogP contribution in [-0.4, -0.2) is 15.4 Å². The maximum absolute atomic E-state index is 13.9. The van der Waals surface area contributed by atoms with Crippen molar-refractivity contribution in [1.82, 2.24) is 9.55 Å². The molecule has 0 amide bonds. The third-order valence-electron chi connectivity index (χ3n) is 3.40. The number of thiophene rings is 1. The van der Waals surface area contributed by atoms with Crippen LogP contribution in [0.4, 0.5) is 4.39 Å². The first-order valence-corrected chi connectivity index (χ1v) is 7.88. The lowest BCUT2D eigenvalue weighted by atomic mass is 10.2. The van der Waals surface area contributed by atoms with E-state index in [4.69, 9.17) is 11.6 Å². The molecule has 3 rings (SSSR count). The van der Waals surface area contributed by atoms with Crippen LogP contribution in [0.3, 0.4) is 0 Å². The number of hydrogen-bond donors (Lipinski definition) is 0. The Labute approximate surface area is 125 Å². The van der Waals surface area contributed by atoms with Gasteiger partial charge >= 0.3 is 0 Å². The first-order chi connectivity index (χ1) is 9.72. The molecule has 0 fully saturated rings. The lowest BCUT2D eigenvalue weighted by Crippen LogP contribution is -2.10. The number of halogens is 2. The van der Waals surface area contributed by atoms with Crippen molar-refractivity contribution >= 4 is 34.0 Å². The summed E-state index contributed by atoms with van der Waals surface area (Å²) in [6, 6.07) is 9.32. The Hall–Kier alpha value is -1.39. The Morgan fingerprint density at radius 1 is 1.35 bits per heavy atom. The second-order valence-electron chi connectivity index (χ2n) is 4.64. The number of nitrogens with zero attached hydrogens (tertiary/aromatic N) is 2. The van der Waals surface area contributed by atoms with Gasteiger partial charge in [0.1, 0.15) is 11.3 Å². The van der Waals surface area contributed by atoms with E-state index in [1.54, 1.807) is 17.4 Å². The van der Waals surface area contributed by atoms with E-state index in [-0.39, 0.29) is 11.9 Å². The van der Waals surface area contributed by atoms with Gasteiger partial charge in [-0.15, -0.1) is 22.9 Å². The molecule has 1 atom stereocenters. The van der Waals surface area contributed by atoms with Crippen molar-refractivity contribution in [2.45, 2.75) is 19.4 Å². The third-order valence-corrected chi connectivity index (χ3v) is 4.64. The van der Waals surface area contributed by atoms with Crippen LogP contribution in [0.5, 0.6) is 0 Å². The molecule has 0 aliphatic rings. The summed E-state index contributed by atoms with van der Waals surface area (Å²) in [5.74, 6) is 1.03. The van der Waals surface area contributed by atoms with Crippen LogP contribution < -0.4 is 0 Å².